The molecule has 0 bridgehead atoms. The molecule has 0 radical (unpaired) electrons. The average Bonchev–Trinajstić information content (AvgIpc) is 2.97. The van der Waals surface area contributed by atoms with Crippen molar-refractivity contribution in [3.8, 4) is 22.6 Å². The first kappa shape index (κ1) is 28.8. The second kappa shape index (κ2) is 12.4. The molecule has 0 aromatic heterocycles. The zero-order valence-electron chi connectivity index (χ0n) is 21.2. The minimum absolute atomic E-state index is 0.0160. The van der Waals surface area contributed by atoms with E-state index in [2.05, 4.69) is 0 Å². The molecule has 212 valence electrons. The Bertz CT molecular complexity index is 1630. The van der Waals surface area contributed by atoms with Crippen molar-refractivity contribution in [3.05, 3.63) is 127 Å². The fourth-order valence-corrected chi connectivity index (χ4v) is 3.92. The minimum atomic E-state index is -1.52. The summed E-state index contributed by atoms with van der Waals surface area (Å²) in [4.78, 5) is 66.8. The Morgan fingerprint density at radius 3 is 1.69 bits per heavy atom. The Morgan fingerprint density at radius 2 is 1.17 bits per heavy atom. The predicted molar refractivity (Wildman–Crippen MR) is 142 cm³/mol. The third-order valence-electron chi connectivity index (χ3n) is 5.86. The summed E-state index contributed by atoms with van der Waals surface area (Å²) in [7, 11) is 0. The van der Waals surface area contributed by atoms with E-state index in [0.29, 0.717) is 11.1 Å². The highest BCUT2D eigenvalue weighted by Gasteiger charge is 2.29. The number of hydrogen-bond acceptors (Lipinski definition) is 10. The van der Waals surface area contributed by atoms with Gasteiger partial charge in [0.15, 0.2) is 11.3 Å². The Kier molecular flexibility index (Phi) is 8.49. The summed E-state index contributed by atoms with van der Waals surface area (Å²) in [6.45, 7) is -0.499. The van der Waals surface area contributed by atoms with E-state index in [1.54, 1.807) is 24.3 Å². The summed E-state index contributed by atoms with van der Waals surface area (Å²) in [5.74, 6) is -3.84. The molecule has 14 nitrogen and oxygen atoms in total. The number of esters is 1. The lowest BCUT2D eigenvalue weighted by atomic mass is 10.0. The smallest absolute Gasteiger partial charge is 0.351 e. The van der Waals surface area contributed by atoms with Gasteiger partial charge in [-0.2, -0.15) is 4.89 Å². The van der Waals surface area contributed by atoms with Crippen molar-refractivity contribution in [2.75, 3.05) is 0 Å². The van der Waals surface area contributed by atoms with Crippen LogP contribution in [-0.2, 0) is 11.5 Å². The second-order valence-electron chi connectivity index (χ2n) is 8.41. The second-order valence-corrected chi connectivity index (χ2v) is 8.41. The van der Waals surface area contributed by atoms with E-state index >= 15 is 0 Å². The van der Waals surface area contributed by atoms with Gasteiger partial charge in [-0.15, -0.1) is 0 Å². The van der Waals surface area contributed by atoms with Gasteiger partial charge < -0.3 is 19.8 Å². The molecule has 0 amide bonds. The maximum atomic E-state index is 12.7. The van der Waals surface area contributed by atoms with E-state index in [1.165, 1.54) is 36.4 Å². The minimum Gasteiger partial charge on any atom is -0.478 e. The number of carbonyl (C=O) groups excluding carboxylic acids is 1. The molecule has 0 saturated heterocycles. The zero-order valence-corrected chi connectivity index (χ0v) is 21.2. The topological polar surface area (TPSA) is 206 Å². The molecule has 42 heavy (non-hydrogen) atoms. The highest BCUT2D eigenvalue weighted by atomic mass is 17.2. The van der Waals surface area contributed by atoms with Crippen molar-refractivity contribution in [1.29, 1.82) is 0 Å². The van der Waals surface area contributed by atoms with Gasteiger partial charge in [-0.25, -0.2) is 14.4 Å². The number of nitrogens with zero attached hydrogens (tertiary/aromatic N) is 2. The first-order chi connectivity index (χ1) is 20.1. The van der Waals surface area contributed by atoms with Crippen molar-refractivity contribution < 1.29 is 49.0 Å². The van der Waals surface area contributed by atoms with E-state index in [4.69, 9.17) is 14.5 Å². The average molecular weight is 574 g/mol. The largest absolute Gasteiger partial charge is 0.478 e. The summed E-state index contributed by atoms with van der Waals surface area (Å²) in [5.41, 5.74) is -1.46. The van der Waals surface area contributed by atoms with Gasteiger partial charge in [0, 0.05) is 12.1 Å². The number of carboxylic acid groups (broad SMARTS) is 2. The number of benzene rings is 4. The van der Waals surface area contributed by atoms with Crippen molar-refractivity contribution in [2.45, 2.75) is 6.61 Å². The lowest BCUT2D eigenvalue weighted by molar-refractivity contribution is -0.386. The number of hydrogen-bond donors (Lipinski definition) is 2. The fraction of sp³-hybridized carbons (Fsp3) is 0.0357. The van der Waals surface area contributed by atoms with Crippen LogP contribution in [0.4, 0.5) is 11.4 Å². The molecule has 2 N–H and O–H groups in total. The predicted octanol–water partition coefficient (Wildman–Crippen LogP) is 5.30. The van der Waals surface area contributed by atoms with Crippen LogP contribution >= 0.6 is 0 Å². The molecule has 0 aliphatic heterocycles. The molecular formula is C28H18N2O12. The van der Waals surface area contributed by atoms with E-state index in [1.807, 2.05) is 0 Å². The van der Waals surface area contributed by atoms with Crippen LogP contribution in [-0.4, -0.2) is 38.0 Å². The lowest BCUT2D eigenvalue weighted by Gasteiger charge is -2.10. The normalized spacial score (nSPS) is 10.5. The molecular weight excluding hydrogens is 556 g/mol. The third kappa shape index (κ3) is 6.35. The summed E-state index contributed by atoms with van der Waals surface area (Å²) >= 11 is 0. The van der Waals surface area contributed by atoms with Gasteiger partial charge in [-0.05, 0) is 47.5 Å². The highest BCUT2D eigenvalue weighted by Crippen LogP contribution is 2.28. The van der Waals surface area contributed by atoms with Gasteiger partial charge >= 0.3 is 17.9 Å². The highest BCUT2D eigenvalue weighted by molar-refractivity contribution is 6.06. The first-order valence-corrected chi connectivity index (χ1v) is 11.8. The summed E-state index contributed by atoms with van der Waals surface area (Å²) < 4.78 is 5.20. The Labute approximate surface area is 235 Å². The van der Waals surface area contributed by atoms with E-state index in [0.717, 1.165) is 24.3 Å². The molecule has 4 aromatic rings. The molecule has 4 aromatic carbocycles. The van der Waals surface area contributed by atoms with E-state index in [9.17, 15) is 44.8 Å². The monoisotopic (exact) mass is 574 g/mol. The van der Waals surface area contributed by atoms with Crippen LogP contribution in [0.2, 0.25) is 0 Å². The number of carboxylic acids is 2. The molecule has 0 aliphatic carbocycles. The van der Waals surface area contributed by atoms with Crippen LogP contribution in [0.1, 0.15) is 36.6 Å². The van der Waals surface area contributed by atoms with Gasteiger partial charge in [0.25, 0.3) is 11.4 Å². The third-order valence-corrected chi connectivity index (χ3v) is 5.86. The Balaban J connectivity index is 1.42. The lowest BCUT2D eigenvalue weighted by Crippen LogP contribution is -2.16. The van der Waals surface area contributed by atoms with Crippen LogP contribution in [0.3, 0.4) is 0 Å². The van der Waals surface area contributed by atoms with Crippen molar-refractivity contribution >= 4 is 29.3 Å². The summed E-state index contributed by atoms with van der Waals surface area (Å²) in [5, 5.41) is 41.2. The maximum absolute atomic E-state index is 12.7. The number of rotatable bonds is 11. The van der Waals surface area contributed by atoms with Crippen LogP contribution in [0.5, 0.6) is 11.5 Å². The SMILES string of the molecule is O=C(O)c1cccc([N+](=O)[O-])c1COOc1ccc(-c2ccc(OC(=O)c3c(C(=O)O)cccc3[N+](=O)[O-])cc2)cc1. The van der Waals surface area contributed by atoms with Crippen LogP contribution in [0.15, 0.2) is 84.9 Å². The van der Waals surface area contributed by atoms with Gasteiger partial charge in [-0.3, -0.25) is 20.2 Å². The Hall–Kier alpha value is -6.15. The number of ether oxygens (including phenoxy) is 1. The van der Waals surface area contributed by atoms with Gasteiger partial charge in [0.2, 0.25) is 0 Å². The summed E-state index contributed by atoms with van der Waals surface area (Å²) in [6.07, 6.45) is 0. The molecule has 0 spiro atoms. The number of nitro groups is 2. The van der Waals surface area contributed by atoms with Crippen LogP contribution in [0, 0.1) is 20.2 Å². The Morgan fingerprint density at radius 1 is 0.667 bits per heavy atom. The maximum Gasteiger partial charge on any atom is 0.351 e. The zero-order chi connectivity index (χ0) is 30.4. The van der Waals surface area contributed by atoms with Gasteiger partial charge in [0.1, 0.15) is 12.4 Å². The van der Waals surface area contributed by atoms with Gasteiger partial charge in [-0.1, -0.05) is 36.4 Å². The van der Waals surface area contributed by atoms with Crippen molar-refractivity contribution in [2.24, 2.45) is 0 Å². The van der Waals surface area contributed by atoms with Crippen LogP contribution in [0.25, 0.3) is 11.1 Å². The molecule has 0 atom stereocenters. The molecule has 0 aliphatic rings. The van der Waals surface area contributed by atoms with Gasteiger partial charge in [0.05, 0.1) is 26.5 Å². The number of aromatic carboxylic acids is 2. The number of carbonyl (C=O) groups is 3. The molecule has 0 saturated carbocycles. The van der Waals surface area contributed by atoms with Crippen LogP contribution < -0.4 is 9.62 Å². The van der Waals surface area contributed by atoms with Crippen molar-refractivity contribution in [1.82, 2.24) is 0 Å². The first-order valence-electron chi connectivity index (χ1n) is 11.8. The molecule has 4 rings (SSSR count). The molecule has 0 unspecified atom stereocenters. The number of nitro benzene ring substituents is 2. The summed E-state index contributed by atoms with van der Waals surface area (Å²) in [6, 6.07) is 19.2. The van der Waals surface area contributed by atoms with E-state index in [-0.39, 0.29) is 22.6 Å². The standard InChI is InChI=1S/C28H18N2O12/c31-26(32)20-3-1-5-23(29(36)37)22(20)15-40-42-19-13-9-17(10-14-19)16-7-11-18(12-8-16)41-28(35)25-21(27(33)34)4-2-6-24(25)30(38)39/h1-14H,15H2,(H,31,32)(H,33,34). The quantitative estimate of drug-likeness (QED) is 0.0770. The van der Waals surface area contributed by atoms with Crippen molar-refractivity contribution in [3.63, 3.8) is 0 Å². The molecule has 0 fully saturated rings. The van der Waals surface area contributed by atoms with E-state index < -0.39 is 56.9 Å². The molecule has 0 heterocycles. The fourth-order valence-electron chi connectivity index (χ4n) is 3.92. The molecule has 14 heteroatoms.